The Balaban J connectivity index is 2.09. The first-order chi connectivity index (χ1) is 11.3. The van der Waals surface area contributed by atoms with Crippen molar-refractivity contribution >= 4 is 31.6 Å². The van der Waals surface area contributed by atoms with E-state index in [0.29, 0.717) is 12.2 Å². The van der Waals surface area contributed by atoms with Gasteiger partial charge < -0.3 is 4.74 Å². The molecule has 0 fully saturated rings. The van der Waals surface area contributed by atoms with Crippen LogP contribution in [0.3, 0.4) is 0 Å². The third-order valence-electron chi connectivity index (χ3n) is 3.27. The number of halogens is 1. The summed E-state index contributed by atoms with van der Waals surface area (Å²) < 4.78 is 32.8. The van der Waals surface area contributed by atoms with Gasteiger partial charge in [-0.1, -0.05) is 18.2 Å². The van der Waals surface area contributed by atoms with E-state index in [4.69, 9.17) is 4.74 Å². The van der Waals surface area contributed by atoms with E-state index in [-0.39, 0.29) is 11.4 Å². The van der Waals surface area contributed by atoms with Gasteiger partial charge in [0.05, 0.1) is 16.5 Å². The number of benzene rings is 2. The van der Waals surface area contributed by atoms with E-state index < -0.39 is 20.6 Å². The predicted octanol–water partition coefficient (Wildman–Crippen LogP) is 2.89. The number of nitro groups is 1. The van der Waals surface area contributed by atoms with Crippen LogP contribution in [0.4, 0.5) is 5.69 Å². The topological polar surface area (TPSA) is 98.5 Å². The maximum Gasteiger partial charge on any atom is 0.289 e. The number of ether oxygens (including phenoxy) is 1. The van der Waals surface area contributed by atoms with Gasteiger partial charge in [-0.3, -0.25) is 10.1 Å². The summed E-state index contributed by atoms with van der Waals surface area (Å²) in [5.41, 5.74) is 0.449. The minimum Gasteiger partial charge on any atom is -0.496 e. The minimum absolute atomic E-state index is 0.118. The van der Waals surface area contributed by atoms with Gasteiger partial charge in [-0.2, -0.15) is 0 Å². The molecular formula is C15H15BrN2O5S. The number of hydrogen-bond donors (Lipinski definition) is 1. The third kappa shape index (κ3) is 4.31. The number of nitro benzene ring substituents is 1. The van der Waals surface area contributed by atoms with Crippen LogP contribution in [-0.2, 0) is 16.4 Å². The van der Waals surface area contributed by atoms with E-state index in [0.717, 1.165) is 16.1 Å². The number of para-hydroxylation sites is 1. The Morgan fingerprint density at radius 2 is 1.96 bits per heavy atom. The predicted molar refractivity (Wildman–Crippen MR) is 92.7 cm³/mol. The Kier molecular flexibility index (Phi) is 5.92. The highest BCUT2D eigenvalue weighted by Crippen LogP contribution is 2.26. The molecule has 24 heavy (non-hydrogen) atoms. The van der Waals surface area contributed by atoms with Gasteiger partial charge in [-0.15, -0.1) is 0 Å². The van der Waals surface area contributed by atoms with Crippen LogP contribution in [0, 0.1) is 10.1 Å². The summed E-state index contributed by atoms with van der Waals surface area (Å²) in [6.07, 6.45) is 0.433. The minimum atomic E-state index is -3.96. The Labute approximate surface area is 148 Å². The zero-order chi connectivity index (χ0) is 17.7. The zero-order valence-electron chi connectivity index (χ0n) is 12.7. The van der Waals surface area contributed by atoms with E-state index in [9.17, 15) is 18.5 Å². The molecule has 9 heteroatoms. The molecule has 0 aromatic heterocycles. The molecule has 1 N–H and O–H groups in total. The Morgan fingerprint density at radius 3 is 2.58 bits per heavy atom. The maximum absolute atomic E-state index is 12.3. The average Bonchev–Trinajstić information content (AvgIpc) is 2.55. The van der Waals surface area contributed by atoms with Gasteiger partial charge in [-0.25, -0.2) is 13.1 Å². The van der Waals surface area contributed by atoms with Crippen LogP contribution >= 0.6 is 15.9 Å². The third-order valence-corrected chi connectivity index (χ3v) is 5.40. The fraction of sp³-hybridized carbons (Fsp3) is 0.200. The van der Waals surface area contributed by atoms with Crippen LogP contribution < -0.4 is 9.46 Å². The van der Waals surface area contributed by atoms with Crippen molar-refractivity contribution in [2.24, 2.45) is 0 Å². The van der Waals surface area contributed by atoms with E-state index in [1.165, 1.54) is 18.2 Å². The number of methoxy groups -OCH3 is 1. The Hall–Kier alpha value is -1.97. The van der Waals surface area contributed by atoms with Crippen LogP contribution in [-0.4, -0.2) is 27.0 Å². The Morgan fingerprint density at radius 1 is 1.25 bits per heavy atom. The second-order valence-electron chi connectivity index (χ2n) is 4.84. The molecule has 0 unspecified atom stereocenters. The monoisotopic (exact) mass is 414 g/mol. The summed E-state index contributed by atoms with van der Waals surface area (Å²) in [4.78, 5) is 9.90. The van der Waals surface area contributed by atoms with Gasteiger partial charge >= 0.3 is 0 Å². The van der Waals surface area contributed by atoms with Crippen molar-refractivity contribution in [3.63, 3.8) is 0 Å². The molecule has 0 radical (unpaired) electrons. The molecule has 0 aliphatic rings. The smallest absolute Gasteiger partial charge is 0.289 e. The highest BCUT2D eigenvalue weighted by molar-refractivity contribution is 9.10. The second kappa shape index (κ2) is 7.73. The van der Waals surface area contributed by atoms with Crippen molar-refractivity contribution in [1.82, 2.24) is 4.72 Å². The normalized spacial score (nSPS) is 11.2. The van der Waals surface area contributed by atoms with Crippen molar-refractivity contribution < 1.29 is 18.1 Å². The van der Waals surface area contributed by atoms with E-state index >= 15 is 0 Å². The van der Waals surface area contributed by atoms with Gasteiger partial charge in [0.2, 0.25) is 10.0 Å². The molecule has 0 aliphatic heterocycles. The first-order valence-corrected chi connectivity index (χ1v) is 9.18. The summed E-state index contributed by atoms with van der Waals surface area (Å²) in [6.45, 7) is 0.118. The van der Waals surface area contributed by atoms with Crippen LogP contribution in [0.2, 0.25) is 0 Å². The van der Waals surface area contributed by atoms with Crippen LogP contribution in [0.25, 0.3) is 0 Å². The quantitative estimate of drug-likeness (QED) is 0.554. The molecule has 0 heterocycles. The molecule has 2 aromatic carbocycles. The fourth-order valence-electron chi connectivity index (χ4n) is 2.11. The molecule has 0 saturated heterocycles. The van der Waals surface area contributed by atoms with Crippen molar-refractivity contribution in [1.29, 1.82) is 0 Å². The summed E-state index contributed by atoms with van der Waals surface area (Å²) in [5, 5.41) is 11.0. The summed E-state index contributed by atoms with van der Waals surface area (Å²) in [7, 11) is -2.40. The number of nitrogens with one attached hydrogen (secondary N) is 1. The molecule has 2 aromatic rings. The highest BCUT2D eigenvalue weighted by Gasteiger charge is 2.24. The fourth-order valence-corrected chi connectivity index (χ4v) is 3.90. The van der Waals surface area contributed by atoms with E-state index in [1.807, 2.05) is 12.1 Å². The lowest BCUT2D eigenvalue weighted by Gasteiger charge is -2.09. The molecule has 2 rings (SSSR count). The zero-order valence-corrected chi connectivity index (χ0v) is 15.1. The van der Waals surface area contributed by atoms with Crippen molar-refractivity contribution in [2.45, 2.75) is 11.3 Å². The molecule has 0 spiro atoms. The van der Waals surface area contributed by atoms with Crippen LogP contribution in [0.5, 0.6) is 5.75 Å². The van der Waals surface area contributed by atoms with Crippen molar-refractivity contribution in [3.05, 3.63) is 62.6 Å². The first-order valence-electron chi connectivity index (χ1n) is 6.90. The Bertz CT molecular complexity index is 855. The molecule has 0 amide bonds. The molecule has 0 aliphatic carbocycles. The molecular weight excluding hydrogens is 400 g/mol. The van der Waals surface area contributed by atoms with Crippen LogP contribution in [0.15, 0.2) is 51.8 Å². The molecule has 128 valence electrons. The SMILES string of the molecule is COc1ccc(CCNS(=O)(=O)c2ccccc2[N+](=O)[O-])cc1Br. The summed E-state index contributed by atoms with van der Waals surface area (Å²) in [6, 6.07) is 10.7. The van der Waals surface area contributed by atoms with E-state index in [2.05, 4.69) is 20.7 Å². The molecule has 7 nitrogen and oxygen atoms in total. The van der Waals surface area contributed by atoms with Gasteiger partial charge in [0.1, 0.15) is 5.75 Å². The van der Waals surface area contributed by atoms with Crippen molar-refractivity contribution in [3.8, 4) is 5.75 Å². The lowest BCUT2D eigenvalue weighted by Crippen LogP contribution is -2.26. The largest absolute Gasteiger partial charge is 0.496 e. The lowest BCUT2D eigenvalue weighted by atomic mass is 10.1. The average molecular weight is 415 g/mol. The molecule has 0 atom stereocenters. The standard InChI is InChI=1S/C15H15BrN2O5S/c1-23-14-7-6-11(10-12(14)16)8-9-17-24(21,22)15-5-3-2-4-13(15)18(19)20/h2-7,10,17H,8-9H2,1H3. The number of hydrogen-bond acceptors (Lipinski definition) is 5. The number of rotatable bonds is 7. The van der Waals surface area contributed by atoms with Crippen molar-refractivity contribution in [2.75, 3.05) is 13.7 Å². The van der Waals surface area contributed by atoms with Crippen LogP contribution in [0.1, 0.15) is 5.56 Å². The second-order valence-corrected chi connectivity index (χ2v) is 7.43. The highest BCUT2D eigenvalue weighted by atomic mass is 79.9. The molecule has 0 bridgehead atoms. The van der Waals surface area contributed by atoms with Gasteiger partial charge in [0, 0.05) is 12.6 Å². The summed E-state index contributed by atoms with van der Waals surface area (Å²) >= 11 is 3.36. The molecule has 0 saturated carbocycles. The van der Waals surface area contributed by atoms with Gasteiger partial charge in [0.15, 0.2) is 4.90 Å². The number of nitrogens with zero attached hydrogens (tertiary/aromatic N) is 1. The lowest BCUT2D eigenvalue weighted by molar-refractivity contribution is -0.387. The number of sulfonamides is 1. The maximum atomic E-state index is 12.3. The van der Waals surface area contributed by atoms with Gasteiger partial charge in [0.25, 0.3) is 5.69 Å². The van der Waals surface area contributed by atoms with E-state index in [1.54, 1.807) is 13.2 Å². The summed E-state index contributed by atoms with van der Waals surface area (Å²) in [5.74, 6) is 0.680. The van der Waals surface area contributed by atoms with Gasteiger partial charge in [-0.05, 0) is 46.1 Å². The first kappa shape index (κ1) is 18.4.